The molecule has 49 heavy (non-hydrogen) atoms. The number of benzene rings is 2. The Labute approximate surface area is 279 Å². The van der Waals surface area contributed by atoms with Gasteiger partial charge in [0.2, 0.25) is 5.95 Å². The first kappa shape index (κ1) is 33.0. The average Bonchev–Trinajstić information content (AvgIpc) is 3.34. The number of nitrogens with zero attached hydrogens (tertiary/aromatic N) is 6. The first-order chi connectivity index (χ1) is 23.4. The van der Waals surface area contributed by atoms with Gasteiger partial charge in [-0.3, -0.25) is 24.1 Å². The smallest absolute Gasteiger partial charge is 0.293 e. The van der Waals surface area contributed by atoms with Crippen LogP contribution in [0.3, 0.4) is 0 Å². The molecular weight excluding hydrogens is 638 g/mol. The zero-order chi connectivity index (χ0) is 35.0. The number of imide groups is 1. The number of nitrogens with one attached hydrogen (secondary N) is 2. The fraction of sp³-hybridized carbons (Fsp3) is 0.324. The van der Waals surface area contributed by atoms with Crippen LogP contribution in [-0.4, -0.2) is 76.4 Å². The molecule has 15 heteroatoms. The van der Waals surface area contributed by atoms with Gasteiger partial charge in [0.15, 0.2) is 18.2 Å². The quantitative estimate of drug-likeness (QED) is 0.252. The van der Waals surface area contributed by atoms with Gasteiger partial charge in [-0.2, -0.15) is 10.2 Å². The normalized spacial score (nSPS) is 18.3. The lowest BCUT2D eigenvalue weighted by Crippen LogP contribution is -2.54. The summed E-state index contributed by atoms with van der Waals surface area (Å²) in [4.78, 5) is 61.5. The van der Waals surface area contributed by atoms with E-state index in [1.54, 1.807) is 54.4 Å². The first-order valence-electron chi connectivity index (χ1n) is 15.5. The van der Waals surface area contributed by atoms with E-state index < -0.39 is 41.0 Å². The van der Waals surface area contributed by atoms with Crippen LogP contribution in [0, 0.1) is 23.2 Å². The maximum absolute atomic E-state index is 15.6. The summed E-state index contributed by atoms with van der Waals surface area (Å²) >= 11 is 0. The van der Waals surface area contributed by atoms with Crippen molar-refractivity contribution in [3.63, 3.8) is 0 Å². The maximum Gasteiger partial charge on any atom is 0.293 e. The molecule has 2 unspecified atom stereocenters. The molecule has 3 amide bonds. The van der Waals surface area contributed by atoms with E-state index in [4.69, 9.17) is 4.74 Å². The molecule has 6 rings (SSSR count). The van der Waals surface area contributed by atoms with Crippen molar-refractivity contribution in [1.82, 2.24) is 24.8 Å². The molecule has 13 nitrogen and oxygen atoms in total. The fourth-order valence-electron chi connectivity index (χ4n) is 6.23. The fourth-order valence-corrected chi connectivity index (χ4v) is 6.23. The van der Waals surface area contributed by atoms with Crippen LogP contribution in [-0.2, 0) is 11.8 Å². The average molecular weight is 671 g/mol. The highest BCUT2D eigenvalue weighted by Crippen LogP contribution is 2.41. The van der Waals surface area contributed by atoms with Crippen molar-refractivity contribution in [3.8, 4) is 11.8 Å². The number of halogens is 2. The van der Waals surface area contributed by atoms with E-state index in [0.717, 1.165) is 4.90 Å². The molecule has 0 saturated carbocycles. The minimum atomic E-state index is -3.11. The molecule has 2 aliphatic heterocycles. The predicted octanol–water partition coefficient (Wildman–Crippen LogP) is 3.46. The first-order valence-corrected chi connectivity index (χ1v) is 15.5. The number of amides is 3. The number of piperidine rings is 1. The van der Waals surface area contributed by atoms with E-state index in [-0.39, 0.29) is 66.9 Å². The van der Waals surface area contributed by atoms with Crippen LogP contribution >= 0.6 is 0 Å². The van der Waals surface area contributed by atoms with Gasteiger partial charge in [-0.1, -0.05) is 19.1 Å². The number of hydrogen-bond acceptors (Lipinski definition) is 10. The predicted molar refractivity (Wildman–Crippen MR) is 175 cm³/mol. The van der Waals surface area contributed by atoms with E-state index >= 15 is 8.78 Å². The number of hydrogen-bond donors (Lipinski definition) is 2. The number of carbonyl (C=O) groups excluding carboxylic acids is 3. The number of carbonyl (C=O) groups is 3. The van der Waals surface area contributed by atoms with Gasteiger partial charge in [-0.15, -0.1) is 0 Å². The number of nitriles is 1. The molecule has 4 heterocycles. The second-order valence-corrected chi connectivity index (χ2v) is 12.0. The zero-order valence-corrected chi connectivity index (χ0v) is 26.9. The number of anilines is 3. The Kier molecular flexibility index (Phi) is 8.72. The van der Waals surface area contributed by atoms with E-state index in [0.29, 0.717) is 16.6 Å². The van der Waals surface area contributed by atoms with Crippen molar-refractivity contribution in [2.24, 2.45) is 18.9 Å². The highest BCUT2D eigenvalue weighted by molar-refractivity contribution is 6.21. The number of pyridine rings is 1. The molecule has 1 fully saturated rings. The Hall–Kier alpha value is -5.91. The standard InChI is InChI=1S/C34H32F2N8O5/c1-19-16-43(17-22(34(19,35)36)10-11-44-30(46)24-6-4-5-7-25(24)31(44)47)29-21(14-37)15-39-33(41-29)40-23-8-9-26-20(12-23)13-27(32(48)42(26)3)49-18-28(45)38-2/h4-9,12-13,15,19,22H,10-11,16-18H2,1-3H3,(H,38,45)(H,39,40,41). The van der Waals surface area contributed by atoms with Gasteiger partial charge in [-0.25, -0.2) is 13.8 Å². The number of rotatable bonds is 9. The third kappa shape index (κ3) is 6.13. The van der Waals surface area contributed by atoms with E-state index in [1.165, 1.54) is 30.8 Å². The zero-order valence-electron chi connectivity index (χ0n) is 26.9. The monoisotopic (exact) mass is 670 g/mol. The van der Waals surface area contributed by atoms with Gasteiger partial charge >= 0.3 is 0 Å². The van der Waals surface area contributed by atoms with Crippen LogP contribution in [0.4, 0.5) is 26.2 Å². The number of aryl methyl sites for hydroxylation is 1. The summed E-state index contributed by atoms with van der Waals surface area (Å²) < 4.78 is 38.0. The van der Waals surface area contributed by atoms with Gasteiger partial charge in [0, 0.05) is 56.6 Å². The van der Waals surface area contributed by atoms with Crippen LogP contribution in [0.1, 0.15) is 39.6 Å². The third-order valence-corrected chi connectivity index (χ3v) is 8.99. The summed E-state index contributed by atoms with van der Waals surface area (Å²) in [5, 5.41) is 16.0. The van der Waals surface area contributed by atoms with Gasteiger partial charge in [0.1, 0.15) is 11.6 Å². The molecule has 2 aromatic carbocycles. The molecule has 2 aliphatic rings. The molecule has 252 valence electrons. The highest BCUT2D eigenvalue weighted by Gasteiger charge is 2.50. The van der Waals surface area contributed by atoms with Gasteiger partial charge < -0.3 is 24.8 Å². The SMILES string of the molecule is CNC(=O)COc1cc2cc(Nc3ncc(C#N)c(N4CC(C)C(F)(F)C(CCN5C(=O)c6ccccc6C5=O)C4)n3)ccc2n(C)c1=O. The van der Waals surface area contributed by atoms with Crippen LogP contribution in [0.25, 0.3) is 10.9 Å². The molecule has 0 bridgehead atoms. The lowest BCUT2D eigenvalue weighted by molar-refractivity contribution is -0.122. The number of alkyl halides is 2. The van der Waals surface area contributed by atoms with Crippen LogP contribution in [0.5, 0.6) is 5.75 Å². The van der Waals surface area contributed by atoms with Crippen molar-refractivity contribution in [2.45, 2.75) is 19.3 Å². The topological polar surface area (TPSA) is 163 Å². The van der Waals surface area contributed by atoms with Crippen molar-refractivity contribution in [2.75, 3.05) is 43.5 Å². The number of aromatic nitrogens is 3. The van der Waals surface area contributed by atoms with Gasteiger partial charge in [-0.05, 0) is 42.8 Å². The van der Waals surface area contributed by atoms with Crippen LogP contribution in [0.2, 0.25) is 0 Å². The summed E-state index contributed by atoms with van der Waals surface area (Å²) in [7, 11) is 3.04. The molecule has 2 atom stereocenters. The number of fused-ring (bicyclic) bond motifs is 2. The summed E-state index contributed by atoms with van der Waals surface area (Å²) in [6.07, 6.45) is 1.16. The molecule has 2 N–H and O–H groups in total. The number of ether oxygens (including phenoxy) is 1. The van der Waals surface area contributed by atoms with Crippen LogP contribution < -0.4 is 25.8 Å². The maximum atomic E-state index is 15.6. The summed E-state index contributed by atoms with van der Waals surface area (Å²) in [6, 6.07) is 15.1. The molecule has 2 aromatic heterocycles. The van der Waals surface area contributed by atoms with E-state index in [2.05, 4.69) is 20.6 Å². The van der Waals surface area contributed by atoms with Crippen molar-refractivity contribution in [1.29, 1.82) is 5.26 Å². The minimum Gasteiger partial charge on any atom is -0.478 e. The number of likely N-dealkylation sites (N-methyl/N-ethyl adjacent to an activating group) is 1. The van der Waals surface area contributed by atoms with Gasteiger partial charge in [0.05, 0.1) is 22.8 Å². The third-order valence-electron chi connectivity index (χ3n) is 8.99. The van der Waals surface area contributed by atoms with Crippen molar-refractivity contribution < 1.29 is 27.9 Å². The van der Waals surface area contributed by atoms with Crippen molar-refractivity contribution >= 4 is 46.1 Å². The summed E-state index contributed by atoms with van der Waals surface area (Å²) in [6.45, 7) is 0.643. The molecule has 0 aliphatic carbocycles. The largest absolute Gasteiger partial charge is 0.478 e. The molecule has 0 radical (unpaired) electrons. The highest BCUT2D eigenvalue weighted by atomic mass is 19.3. The van der Waals surface area contributed by atoms with Crippen LogP contribution in [0.15, 0.2) is 59.5 Å². The van der Waals surface area contributed by atoms with Gasteiger partial charge in [0.25, 0.3) is 29.2 Å². The minimum absolute atomic E-state index is 0.0127. The summed E-state index contributed by atoms with van der Waals surface area (Å²) in [5.41, 5.74) is 1.30. The molecular formula is C34H32F2N8O5. The molecule has 4 aromatic rings. The van der Waals surface area contributed by atoms with Crippen molar-refractivity contribution in [3.05, 3.63) is 81.8 Å². The Balaban J connectivity index is 1.23. The Morgan fingerprint density at radius 2 is 1.82 bits per heavy atom. The molecule has 1 saturated heterocycles. The Bertz CT molecular complexity index is 2060. The summed E-state index contributed by atoms with van der Waals surface area (Å²) in [5.74, 6) is -6.64. The Morgan fingerprint density at radius 1 is 1.10 bits per heavy atom. The van der Waals surface area contributed by atoms with E-state index in [9.17, 15) is 24.4 Å². The second kappa shape index (κ2) is 12.9. The Morgan fingerprint density at radius 3 is 2.49 bits per heavy atom. The lowest BCUT2D eigenvalue weighted by atomic mass is 9.83. The lowest BCUT2D eigenvalue weighted by Gasteiger charge is -2.43. The van der Waals surface area contributed by atoms with E-state index in [1.807, 2.05) is 6.07 Å². The second-order valence-electron chi connectivity index (χ2n) is 12.0. The molecule has 0 spiro atoms.